The minimum absolute atomic E-state index is 0.475. The molecule has 0 radical (unpaired) electrons. The SMILES string of the molecule is CN(C)CCN1CCN(c2ccc(N)nn2)CC1. The van der Waals surface area contributed by atoms with Crippen LogP contribution in [0.4, 0.5) is 11.6 Å². The summed E-state index contributed by atoms with van der Waals surface area (Å²) in [6, 6.07) is 3.75. The van der Waals surface area contributed by atoms with Crippen molar-refractivity contribution in [2.24, 2.45) is 0 Å². The van der Waals surface area contributed by atoms with Gasteiger partial charge in [-0.2, -0.15) is 0 Å². The molecule has 0 aliphatic carbocycles. The number of piperazine rings is 1. The molecular formula is C12H22N6. The normalized spacial score (nSPS) is 17.4. The molecule has 18 heavy (non-hydrogen) atoms. The van der Waals surface area contributed by atoms with Gasteiger partial charge in [-0.1, -0.05) is 0 Å². The monoisotopic (exact) mass is 250 g/mol. The molecule has 6 heteroatoms. The Labute approximate surface area is 108 Å². The molecule has 1 fully saturated rings. The van der Waals surface area contributed by atoms with Crippen LogP contribution in [0.15, 0.2) is 12.1 Å². The molecule has 1 aromatic heterocycles. The first kappa shape index (κ1) is 13.0. The van der Waals surface area contributed by atoms with Crippen molar-refractivity contribution in [2.45, 2.75) is 0 Å². The lowest BCUT2D eigenvalue weighted by molar-refractivity contribution is 0.229. The molecule has 1 saturated heterocycles. The maximum atomic E-state index is 5.54. The Morgan fingerprint density at radius 3 is 2.44 bits per heavy atom. The molecule has 0 atom stereocenters. The molecule has 2 rings (SSSR count). The van der Waals surface area contributed by atoms with E-state index in [0.29, 0.717) is 5.82 Å². The molecule has 0 amide bonds. The third kappa shape index (κ3) is 3.54. The summed E-state index contributed by atoms with van der Waals surface area (Å²) in [5.74, 6) is 1.40. The summed E-state index contributed by atoms with van der Waals surface area (Å²) < 4.78 is 0. The Morgan fingerprint density at radius 1 is 1.17 bits per heavy atom. The predicted octanol–water partition coefficient (Wildman–Crippen LogP) is -0.258. The molecule has 2 heterocycles. The first-order valence-electron chi connectivity index (χ1n) is 6.36. The molecule has 0 unspecified atom stereocenters. The van der Waals surface area contributed by atoms with Crippen molar-refractivity contribution in [3.05, 3.63) is 12.1 Å². The minimum Gasteiger partial charge on any atom is -0.382 e. The minimum atomic E-state index is 0.475. The molecule has 1 aromatic rings. The van der Waals surface area contributed by atoms with Gasteiger partial charge in [-0.3, -0.25) is 4.90 Å². The number of aromatic nitrogens is 2. The number of likely N-dealkylation sites (N-methyl/N-ethyl adjacent to an activating group) is 1. The summed E-state index contributed by atoms with van der Waals surface area (Å²) in [6.45, 7) is 6.42. The summed E-state index contributed by atoms with van der Waals surface area (Å²) in [5.41, 5.74) is 5.54. The molecule has 6 nitrogen and oxygen atoms in total. The van der Waals surface area contributed by atoms with E-state index in [2.05, 4.69) is 39.0 Å². The van der Waals surface area contributed by atoms with Crippen LogP contribution in [-0.4, -0.2) is 73.4 Å². The van der Waals surface area contributed by atoms with E-state index in [1.165, 1.54) is 0 Å². The van der Waals surface area contributed by atoms with Gasteiger partial charge in [-0.25, -0.2) is 0 Å². The molecule has 2 N–H and O–H groups in total. The predicted molar refractivity (Wildman–Crippen MR) is 73.7 cm³/mol. The van der Waals surface area contributed by atoms with Crippen molar-refractivity contribution >= 4 is 11.6 Å². The standard InChI is InChI=1S/C12H22N6/c1-16(2)5-6-17-7-9-18(10-8-17)12-4-3-11(13)14-15-12/h3-4H,5-10H2,1-2H3,(H2,13,14). The van der Waals surface area contributed by atoms with Crippen LogP contribution in [0.25, 0.3) is 0 Å². The van der Waals surface area contributed by atoms with E-state index in [9.17, 15) is 0 Å². The highest BCUT2D eigenvalue weighted by Gasteiger charge is 2.17. The Hall–Kier alpha value is -1.40. The van der Waals surface area contributed by atoms with Gasteiger partial charge < -0.3 is 15.5 Å². The van der Waals surface area contributed by atoms with Crippen molar-refractivity contribution in [1.82, 2.24) is 20.0 Å². The summed E-state index contributed by atoms with van der Waals surface area (Å²) in [4.78, 5) is 6.97. The summed E-state index contributed by atoms with van der Waals surface area (Å²) in [5, 5.41) is 8.02. The molecule has 1 aliphatic rings. The Morgan fingerprint density at radius 2 is 1.89 bits per heavy atom. The fourth-order valence-corrected chi connectivity index (χ4v) is 2.05. The number of anilines is 2. The van der Waals surface area contributed by atoms with E-state index in [1.54, 1.807) is 6.07 Å². The number of nitrogens with two attached hydrogens (primary N) is 1. The van der Waals surface area contributed by atoms with Crippen LogP contribution in [0.1, 0.15) is 0 Å². The molecule has 0 bridgehead atoms. The Bertz CT molecular complexity index is 355. The third-order valence-corrected chi connectivity index (χ3v) is 3.23. The van der Waals surface area contributed by atoms with Gasteiger partial charge in [0, 0.05) is 39.3 Å². The van der Waals surface area contributed by atoms with E-state index in [4.69, 9.17) is 5.73 Å². The fourth-order valence-electron chi connectivity index (χ4n) is 2.05. The van der Waals surface area contributed by atoms with Crippen LogP contribution in [0, 0.1) is 0 Å². The van der Waals surface area contributed by atoms with E-state index in [0.717, 1.165) is 45.1 Å². The summed E-state index contributed by atoms with van der Waals surface area (Å²) in [7, 11) is 4.22. The largest absolute Gasteiger partial charge is 0.382 e. The van der Waals surface area contributed by atoms with Crippen LogP contribution in [0.3, 0.4) is 0 Å². The number of hydrogen-bond donors (Lipinski definition) is 1. The van der Waals surface area contributed by atoms with Gasteiger partial charge in [-0.05, 0) is 26.2 Å². The van der Waals surface area contributed by atoms with Crippen LogP contribution in [0.2, 0.25) is 0 Å². The molecule has 1 aliphatic heterocycles. The molecule has 0 aromatic carbocycles. The molecular weight excluding hydrogens is 228 g/mol. The Kier molecular flexibility index (Phi) is 4.33. The number of nitrogens with zero attached hydrogens (tertiary/aromatic N) is 5. The van der Waals surface area contributed by atoms with Crippen molar-refractivity contribution in [3.63, 3.8) is 0 Å². The smallest absolute Gasteiger partial charge is 0.151 e. The second kappa shape index (κ2) is 5.97. The highest BCUT2D eigenvalue weighted by Crippen LogP contribution is 2.12. The average Bonchev–Trinajstić information content (AvgIpc) is 2.38. The highest BCUT2D eigenvalue weighted by molar-refractivity contribution is 5.41. The zero-order valence-corrected chi connectivity index (χ0v) is 11.2. The van der Waals surface area contributed by atoms with Gasteiger partial charge in [0.15, 0.2) is 5.82 Å². The van der Waals surface area contributed by atoms with Gasteiger partial charge >= 0.3 is 0 Å². The lowest BCUT2D eigenvalue weighted by Gasteiger charge is -2.35. The van der Waals surface area contributed by atoms with Crippen molar-refractivity contribution in [3.8, 4) is 0 Å². The van der Waals surface area contributed by atoms with Crippen LogP contribution in [-0.2, 0) is 0 Å². The lowest BCUT2D eigenvalue weighted by Crippen LogP contribution is -2.48. The summed E-state index contributed by atoms with van der Waals surface area (Å²) >= 11 is 0. The van der Waals surface area contributed by atoms with E-state index < -0.39 is 0 Å². The van der Waals surface area contributed by atoms with E-state index in [-0.39, 0.29) is 0 Å². The maximum Gasteiger partial charge on any atom is 0.151 e. The van der Waals surface area contributed by atoms with Gasteiger partial charge in [0.1, 0.15) is 5.82 Å². The van der Waals surface area contributed by atoms with Crippen LogP contribution in [0.5, 0.6) is 0 Å². The molecule has 0 saturated carbocycles. The van der Waals surface area contributed by atoms with Gasteiger partial charge in [0.2, 0.25) is 0 Å². The van der Waals surface area contributed by atoms with Crippen molar-refractivity contribution in [2.75, 3.05) is 64.0 Å². The first-order chi connectivity index (χ1) is 8.65. The van der Waals surface area contributed by atoms with Gasteiger partial charge in [0.25, 0.3) is 0 Å². The average molecular weight is 250 g/mol. The first-order valence-corrected chi connectivity index (χ1v) is 6.36. The van der Waals surface area contributed by atoms with Crippen LogP contribution < -0.4 is 10.6 Å². The zero-order valence-electron chi connectivity index (χ0n) is 11.2. The number of rotatable bonds is 4. The van der Waals surface area contributed by atoms with Crippen molar-refractivity contribution in [1.29, 1.82) is 0 Å². The lowest BCUT2D eigenvalue weighted by atomic mass is 10.3. The van der Waals surface area contributed by atoms with Gasteiger partial charge in [-0.15, -0.1) is 10.2 Å². The maximum absolute atomic E-state index is 5.54. The van der Waals surface area contributed by atoms with Crippen molar-refractivity contribution < 1.29 is 0 Å². The van der Waals surface area contributed by atoms with Gasteiger partial charge in [0.05, 0.1) is 0 Å². The molecule has 100 valence electrons. The van der Waals surface area contributed by atoms with E-state index in [1.807, 2.05) is 6.07 Å². The fraction of sp³-hybridized carbons (Fsp3) is 0.667. The number of nitrogen functional groups attached to an aromatic ring is 1. The summed E-state index contributed by atoms with van der Waals surface area (Å²) in [6.07, 6.45) is 0. The second-order valence-electron chi connectivity index (χ2n) is 4.95. The third-order valence-electron chi connectivity index (χ3n) is 3.23. The number of hydrogen-bond acceptors (Lipinski definition) is 6. The van der Waals surface area contributed by atoms with Crippen LogP contribution >= 0.6 is 0 Å². The topological polar surface area (TPSA) is 61.5 Å². The second-order valence-corrected chi connectivity index (χ2v) is 4.95. The molecule has 0 spiro atoms. The quantitative estimate of drug-likeness (QED) is 0.794. The van der Waals surface area contributed by atoms with E-state index >= 15 is 0 Å². The zero-order chi connectivity index (χ0) is 13.0. The highest BCUT2D eigenvalue weighted by atomic mass is 15.3. The Balaban J connectivity index is 1.81.